The summed E-state index contributed by atoms with van der Waals surface area (Å²) in [6.07, 6.45) is 8.57. The molecule has 1 atom stereocenters. The van der Waals surface area contributed by atoms with Gasteiger partial charge in [-0.1, -0.05) is 46.8 Å². The molecule has 1 amide bonds. The van der Waals surface area contributed by atoms with Gasteiger partial charge in [-0.05, 0) is 30.7 Å². The zero-order valence-corrected chi connectivity index (χ0v) is 17.8. The number of amides is 1. The van der Waals surface area contributed by atoms with E-state index in [4.69, 9.17) is 4.74 Å². The molecule has 0 fully saturated rings. The number of benzene rings is 1. The number of carbonyl (C=O) groups excluding carboxylic acids is 2. The van der Waals surface area contributed by atoms with Crippen LogP contribution in [-0.2, 0) is 9.53 Å². The normalized spacial score (nSPS) is 12.5. The number of esters is 1. The largest absolute Gasteiger partial charge is 0.465 e. The first-order chi connectivity index (χ1) is 13.5. The molecule has 1 aromatic carbocycles. The van der Waals surface area contributed by atoms with Gasteiger partial charge >= 0.3 is 5.97 Å². The van der Waals surface area contributed by atoms with Crippen molar-refractivity contribution in [3.05, 3.63) is 76.3 Å². The van der Waals surface area contributed by atoms with E-state index >= 15 is 0 Å². The fourth-order valence-electron chi connectivity index (χ4n) is 2.42. The predicted molar refractivity (Wildman–Crippen MR) is 117 cm³/mol. The fourth-order valence-corrected chi connectivity index (χ4v) is 3.31. The summed E-state index contributed by atoms with van der Waals surface area (Å²) in [6.45, 7) is 5.57. The Balaban J connectivity index is 2.44. The lowest BCUT2D eigenvalue weighted by Gasteiger charge is -2.21. The Labute approximate surface area is 176 Å². The van der Waals surface area contributed by atoms with Gasteiger partial charge in [-0.2, -0.15) is 0 Å². The first-order valence-corrected chi connectivity index (χ1v) is 9.97. The fraction of sp³-hybridized carbons (Fsp3) is 0.150. The number of rotatable bonds is 8. The van der Waals surface area contributed by atoms with Crippen molar-refractivity contribution >= 4 is 50.0 Å². The number of hydrogen-bond acceptors (Lipinski definition) is 6. The van der Waals surface area contributed by atoms with Crippen molar-refractivity contribution in [2.24, 2.45) is 0 Å². The predicted octanol–water partition coefficient (Wildman–Crippen LogP) is 4.80. The maximum absolute atomic E-state index is 13.0. The first-order valence-electron chi connectivity index (χ1n) is 8.30. The van der Waals surface area contributed by atoms with Crippen LogP contribution in [0.15, 0.2) is 70.7 Å². The molecule has 0 aliphatic rings. The van der Waals surface area contributed by atoms with Crippen LogP contribution in [-0.4, -0.2) is 30.0 Å². The third kappa shape index (κ3) is 5.64. The minimum Gasteiger partial charge on any atom is -0.465 e. The van der Waals surface area contributed by atoms with Gasteiger partial charge < -0.3 is 10.1 Å². The zero-order valence-electron chi connectivity index (χ0n) is 15.4. The summed E-state index contributed by atoms with van der Waals surface area (Å²) in [5, 5.41) is 8.19. The molecule has 1 heterocycles. The minimum atomic E-state index is -0.789. The molecule has 2 N–H and O–H groups in total. The summed E-state index contributed by atoms with van der Waals surface area (Å²) in [4.78, 5) is 29.2. The number of thiazole rings is 1. The van der Waals surface area contributed by atoms with Crippen molar-refractivity contribution in [1.29, 1.82) is 0 Å². The van der Waals surface area contributed by atoms with E-state index in [1.54, 1.807) is 48.0 Å². The molecule has 1 aromatic heterocycles. The van der Waals surface area contributed by atoms with Crippen LogP contribution in [0.1, 0.15) is 17.3 Å². The highest BCUT2D eigenvalue weighted by molar-refractivity contribution is 9.10. The quantitative estimate of drug-likeness (QED) is 0.435. The molecule has 6 nitrogen and oxygen atoms in total. The number of nitrogens with one attached hydrogen (secondary N) is 2. The number of methoxy groups -OCH3 is 1. The van der Waals surface area contributed by atoms with Gasteiger partial charge in [0.1, 0.15) is 6.04 Å². The molecule has 0 bridgehead atoms. The maximum Gasteiger partial charge on any atom is 0.340 e. The van der Waals surface area contributed by atoms with Gasteiger partial charge in [0.15, 0.2) is 5.13 Å². The first kappa shape index (κ1) is 21.6. The lowest BCUT2D eigenvalue weighted by atomic mass is 10.0. The van der Waals surface area contributed by atoms with Gasteiger partial charge in [-0.25, -0.2) is 9.78 Å². The Kier molecular flexibility index (Phi) is 8.16. The maximum atomic E-state index is 13.0. The van der Waals surface area contributed by atoms with Gasteiger partial charge in [0.05, 0.1) is 12.7 Å². The molecule has 0 aliphatic carbocycles. The van der Waals surface area contributed by atoms with Crippen LogP contribution in [0.25, 0.3) is 0 Å². The molecule has 146 valence electrons. The van der Waals surface area contributed by atoms with E-state index in [9.17, 15) is 9.59 Å². The van der Waals surface area contributed by atoms with E-state index < -0.39 is 12.0 Å². The smallest absolute Gasteiger partial charge is 0.340 e. The molecule has 0 unspecified atom stereocenters. The van der Waals surface area contributed by atoms with E-state index in [0.717, 1.165) is 4.47 Å². The Bertz CT molecular complexity index is 907. The second-order valence-electron chi connectivity index (χ2n) is 5.49. The number of nitrogens with zero attached hydrogens (tertiary/aromatic N) is 1. The summed E-state index contributed by atoms with van der Waals surface area (Å²) in [5.74, 6) is -0.831. The lowest BCUT2D eigenvalue weighted by molar-refractivity contribution is -0.116. The third-order valence-electron chi connectivity index (χ3n) is 3.61. The van der Waals surface area contributed by atoms with Crippen molar-refractivity contribution < 1.29 is 14.3 Å². The molecule has 0 aliphatic heterocycles. The van der Waals surface area contributed by atoms with E-state index in [2.05, 4.69) is 38.1 Å². The van der Waals surface area contributed by atoms with E-state index in [1.165, 1.54) is 18.4 Å². The molecule has 2 aromatic rings. The molecular weight excluding hydrogens is 442 g/mol. The van der Waals surface area contributed by atoms with Crippen molar-refractivity contribution in [3.8, 4) is 0 Å². The van der Waals surface area contributed by atoms with E-state index in [-0.39, 0.29) is 5.91 Å². The zero-order chi connectivity index (χ0) is 20.5. The second kappa shape index (κ2) is 10.6. The van der Waals surface area contributed by atoms with Gasteiger partial charge in [0.25, 0.3) is 5.91 Å². The van der Waals surface area contributed by atoms with Gasteiger partial charge in [0, 0.05) is 21.7 Å². The van der Waals surface area contributed by atoms with Crippen molar-refractivity contribution in [2.75, 3.05) is 17.7 Å². The number of anilines is 2. The van der Waals surface area contributed by atoms with Gasteiger partial charge in [-0.3, -0.25) is 10.1 Å². The van der Waals surface area contributed by atoms with Crippen molar-refractivity contribution in [3.63, 3.8) is 0 Å². The minimum absolute atomic E-state index is 0.308. The summed E-state index contributed by atoms with van der Waals surface area (Å²) in [7, 11) is 1.31. The highest BCUT2D eigenvalue weighted by Gasteiger charge is 2.24. The van der Waals surface area contributed by atoms with Gasteiger partial charge in [0.2, 0.25) is 0 Å². The van der Waals surface area contributed by atoms with Crippen LogP contribution < -0.4 is 10.6 Å². The van der Waals surface area contributed by atoms with Gasteiger partial charge in [-0.15, -0.1) is 11.3 Å². The number of carbonyl (C=O) groups is 2. The number of allylic oxidation sites excluding steroid dienone is 3. The summed E-state index contributed by atoms with van der Waals surface area (Å²) < 4.78 is 5.58. The Hall–Kier alpha value is -2.71. The molecule has 0 saturated carbocycles. The van der Waals surface area contributed by atoms with Crippen LogP contribution in [0, 0.1) is 0 Å². The van der Waals surface area contributed by atoms with Crippen LogP contribution in [0.4, 0.5) is 10.8 Å². The van der Waals surface area contributed by atoms with Crippen molar-refractivity contribution in [1.82, 2.24) is 4.98 Å². The number of ether oxygens (including phenoxy) is 1. The van der Waals surface area contributed by atoms with Crippen molar-refractivity contribution in [2.45, 2.75) is 13.0 Å². The van der Waals surface area contributed by atoms with E-state index in [1.807, 2.05) is 13.0 Å². The SMILES string of the molecule is C=C/C=C(\C=C/C)[C@H](Nc1ccc(Br)cc1C(=O)OC)C(=O)Nc1nccs1. The van der Waals surface area contributed by atoms with Crippen LogP contribution in [0.3, 0.4) is 0 Å². The van der Waals surface area contributed by atoms with Crippen LogP contribution in [0.2, 0.25) is 0 Å². The molecular formula is C20H20BrN3O3S. The molecule has 28 heavy (non-hydrogen) atoms. The molecule has 0 radical (unpaired) electrons. The average Bonchev–Trinajstić information content (AvgIpc) is 3.19. The standard InChI is InChI=1S/C20H20BrN3O3S/c1-4-6-13(7-5-2)17(18(25)24-20-22-10-11-28-20)23-16-9-8-14(21)12-15(16)19(26)27-3/h4-12,17,23H,1H2,2-3H3,(H,22,24,25)/b7-5-,13-6+/t17-/m0/s1. The summed E-state index contributed by atoms with van der Waals surface area (Å²) >= 11 is 4.67. The lowest BCUT2D eigenvalue weighted by Crippen LogP contribution is -2.36. The monoisotopic (exact) mass is 461 g/mol. The second-order valence-corrected chi connectivity index (χ2v) is 7.30. The summed E-state index contributed by atoms with van der Waals surface area (Å²) in [5.41, 5.74) is 1.45. The third-order valence-corrected chi connectivity index (χ3v) is 4.80. The Morgan fingerprint density at radius 1 is 1.39 bits per heavy atom. The number of halogens is 1. The van der Waals surface area contributed by atoms with Crippen LogP contribution in [0.5, 0.6) is 0 Å². The Morgan fingerprint density at radius 2 is 2.18 bits per heavy atom. The molecule has 0 saturated heterocycles. The number of hydrogen-bond donors (Lipinski definition) is 2. The average molecular weight is 462 g/mol. The summed E-state index contributed by atoms with van der Waals surface area (Å²) in [6, 6.07) is 4.33. The van der Waals surface area contributed by atoms with E-state index in [0.29, 0.717) is 22.0 Å². The molecule has 2 rings (SSSR count). The van der Waals surface area contributed by atoms with Crippen LogP contribution >= 0.6 is 27.3 Å². The highest BCUT2D eigenvalue weighted by atomic mass is 79.9. The highest BCUT2D eigenvalue weighted by Crippen LogP contribution is 2.25. The topological polar surface area (TPSA) is 80.3 Å². The number of aromatic nitrogens is 1. The Morgan fingerprint density at radius 3 is 2.79 bits per heavy atom. The molecule has 0 spiro atoms. The molecule has 8 heteroatoms.